The number of nitrogens with two attached hydrogens (primary N) is 1. The van der Waals surface area contributed by atoms with E-state index >= 15 is 0 Å². The average Bonchev–Trinajstić information content (AvgIpc) is 2.62. The molecule has 1 fully saturated rings. The fraction of sp³-hybridized carbons (Fsp3) is 0.316. The van der Waals surface area contributed by atoms with Crippen LogP contribution in [0, 0.1) is 5.82 Å². The third-order valence-electron chi connectivity index (χ3n) is 4.42. The SMILES string of the molecule is CC(N)(C(=O)N1CCOC(c2ccccc2F)C1)c1ccccc1. The van der Waals surface area contributed by atoms with Crippen LogP contribution in [0.3, 0.4) is 0 Å². The van der Waals surface area contributed by atoms with Gasteiger partial charge in [0.25, 0.3) is 0 Å². The average molecular weight is 328 g/mol. The molecule has 5 heteroatoms. The van der Waals surface area contributed by atoms with Crippen LogP contribution in [0.1, 0.15) is 24.2 Å². The molecule has 1 aliphatic heterocycles. The van der Waals surface area contributed by atoms with Gasteiger partial charge in [0.1, 0.15) is 17.5 Å². The lowest BCUT2D eigenvalue weighted by Gasteiger charge is -2.37. The van der Waals surface area contributed by atoms with E-state index in [1.807, 2.05) is 30.3 Å². The minimum Gasteiger partial charge on any atom is -0.370 e. The molecular formula is C19H21FN2O2. The second kappa shape index (κ2) is 6.71. The Balaban J connectivity index is 1.80. The van der Waals surface area contributed by atoms with Gasteiger partial charge in [-0.2, -0.15) is 0 Å². The zero-order valence-electron chi connectivity index (χ0n) is 13.6. The quantitative estimate of drug-likeness (QED) is 0.942. The van der Waals surface area contributed by atoms with Crippen LogP contribution in [0.4, 0.5) is 4.39 Å². The number of hydrogen-bond donors (Lipinski definition) is 1. The first-order valence-electron chi connectivity index (χ1n) is 8.00. The molecule has 0 saturated carbocycles. The second-order valence-electron chi connectivity index (χ2n) is 6.20. The van der Waals surface area contributed by atoms with Gasteiger partial charge in [-0.1, -0.05) is 48.5 Å². The summed E-state index contributed by atoms with van der Waals surface area (Å²) in [6.07, 6.45) is -0.476. The Hall–Kier alpha value is -2.24. The van der Waals surface area contributed by atoms with Gasteiger partial charge in [0.05, 0.1) is 13.2 Å². The third-order valence-corrected chi connectivity index (χ3v) is 4.42. The smallest absolute Gasteiger partial charge is 0.247 e. The van der Waals surface area contributed by atoms with E-state index in [-0.39, 0.29) is 11.7 Å². The highest BCUT2D eigenvalue weighted by atomic mass is 19.1. The second-order valence-corrected chi connectivity index (χ2v) is 6.20. The van der Waals surface area contributed by atoms with Crippen molar-refractivity contribution < 1.29 is 13.9 Å². The molecule has 2 aromatic rings. The van der Waals surface area contributed by atoms with Crippen LogP contribution in [0.15, 0.2) is 54.6 Å². The van der Waals surface area contributed by atoms with E-state index in [4.69, 9.17) is 10.5 Å². The predicted molar refractivity (Wildman–Crippen MR) is 89.7 cm³/mol. The van der Waals surface area contributed by atoms with E-state index in [0.717, 1.165) is 5.56 Å². The molecule has 1 aliphatic rings. The summed E-state index contributed by atoms with van der Waals surface area (Å²) in [7, 11) is 0. The fourth-order valence-corrected chi connectivity index (χ4v) is 2.99. The normalized spacial score (nSPS) is 20.5. The molecule has 0 aromatic heterocycles. The Morgan fingerprint density at radius 2 is 1.88 bits per heavy atom. The van der Waals surface area contributed by atoms with Gasteiger partial charge in [-0.25, -0.2) is 4.39 Å². The molecule has 3 rings (SSSR count). The van der Waals surface area contributed by atoms with E-state index in [2.05, 4.69) is 0 Å². The third kappa shape index (κ3) is 3.18. The van der Waals surface area contributed by atoms with Gasteiger partial charge in [-0.05, 0) is 18.6 Å². The predicted octanol–water partition coefficient (Wildman–Crippen LogP) is 2.60. The lowest BCUT2D eigenvalue weighted by atomic mass is 9.91. The minimum absolute atomic E-state index is 0.182. The summed E-state index contributed by atoms with van der Waals surface area (Å²) in [6.45, 7) is 2.80. The highest BCUT2D eigenvalue weighted by molar-refractivity contribution is 5.87. The van der Waals surface area contributed by atoms with Crippen molar-refractivity contribution in [2.24, 2.45) is 5.73 Å². The van der Waals surface area contributed by atoms with Gasteiger partial charge in [0.15, 0.2) is 0 Å². The number of morpholine rings is 1. The first kappa shape index (κ1) is 16.6. The van der Waals surface area contributed by atoms with E-state index in [0.29, 0.717) is 25.3 Å². The number of carbonyl (C=O) groups excluding carboxylic acids is 1. The van der Waals surface area contributed by atoms with Crippen LogP contribution in [0.2, 0.25) is 0 Å². The van der Waals surface area contributed by atoms with Crippen molar-refractivity contribution in [2.45, 2.75) is 18.6 Å². The number of hydrogen-bond acceptors (Lipinski definition) is 3. The van der Waals surface area contributed by atoms with Crippen molar-refractivity contribution in [3.63, 3.8) is 0 Å². The van der Waals surface area contributed by atoms with Gasteiger partial charge < -0.3 is 15.4 Å². The number of rotatable bonds is 3. The molecule has 0 aliphatic carbocycles. The summed E-state index contributed by atoms with van der Waals surface area (Å²) in [6, 6.07) is 15.8. The van der Waals surface area contributed by atoms with Crippen molar-refractivity contribution in [1.29, 1.82) is 0 Å². The Morgan fingerprint density at radius 1 is 1.21 bits per heavy atom. The van der Waals surface area contributed by atoms with Gasteiger partial charge >= 0.3 is 0 Å². The van der Waals surface area contributed by atoms with Crippen LogP contribution in [-0.4, -0.2) is 30.5 Å². The van der Waals surface area contributed by atoms with Crippen molar-refractivity contribution in [2.75, 3.05) is 19.7 Å². The van der Waals surface area contributed by atoms with E-state index < -0.39 is 11.6 Å². The Kier molecular flexibility index (Phi) is 4.64. The minimum atomic E-state index is -1.13. The maximum absolute atomic E-state index is 14.0. The first-order chi connectivity index (χ1) is 11.5. The molecule has 4 nitrogen and oxygen atoms in total. The topological polar surface area (TPSA) is 55.6 Å². The molecule has 2 N–H and O–H groups in total. The molecular weight excluding hydrogens is 307 g/mol. The summed E-state index contributed by atoms with van der Waals surface area (Å²) in [5.74, 6) is -0.506. The number of nitrogens with zero attached hydrogens (tertiary/aromatic N) is 1. The van der Waals surface area contributed by atoms with Gasteiger partial charge in [-0.3, -0.25) is 4.79 Å². The zero-order chi connectivity index (χ0) is 17.2. The molecule has 0 radical (unpaired) electrons. The molecule has 1 saturated heterocycles. The van der Waals surface area contributed by atoms with Gasteiger partial charge in [0.2, 0.25) is 5.91 Å². The fourth-order valence-electron chi connectivity index (χ4n) is 2.99. The van der Waals surface area contributed by atoms with Crippen LogP contribution in [0.5, 0.6) is 0 Å². The summed E-state index contributed by atoms with van der Waals surface area (Å²) in [4.78, 5) is 14.6. The molecule has 1 heterocycles. The van der Waals surface area contributed by atoms with E-state index in [1.54, 1.807) is 30.0 Å². The number of carbonyl (C=O) groups is 1. The highest BCUT2D eigenvalue weighted by Crippen LogP contribution is 2.27. The largest absolute Gasteiger partial charge is 0.370 e. The van der Waals surface area contributed by atoms with Crippen LogP contribution in [0.25, 0.3) is 0 Å². The molecule has 126 valence electrons. The standard InChI is InChI=1S/C19H21FN2O2/c1-19(21,14-7-3-2-4-8-14)18(23)22-11-12-24-17(13-22)15-9-5-6-10-16(15)20/h2-10,17H,11-13,21H2,1H3. The first-order valence-corrected chi connectivity index (χ1v) is 8.00. The molecule has 2 atom stereocenters. The summed E-state index contributed by atoms with van der Waals surface area (Å²) in [5.41, 5.74) is 6.41. The van der Waals surface area contributed by atoms with Crippen LogP contribution >= 0.6 is 0 Å². The van der Waals surface area contributed by atoms with E-state index in [9.17, 15) is 9.18 Å². The lowest BCUT2D eigenvalue weighted by molar-refractivity contribution is -0.144. The van der Waals surface area contributed by atoms with Crippen molar-refractivity contribution in [3.05, 3.63) is 71.5 Å². The Bertz CT molecular complexity index is 718. The van der Waals surface area contributed by atoms with E-state index in [1.165, 1.54) is 6.07 Å². The molecule has 0 bridgehead atoms. The summed E-state index contributed by atoms with van der Waals surface area (Å²) < 4.78 is 19.7. The maximum Gasteiger partial charge on any atom is 0.247 e. The Labute approximate surface area is 141 Å². The number of benzene rings is 2. The Morgan fingerprint density at radius 3 is 2.58 bits per heavy atom. The van der Waals surface area contributed by atoms with Crippen molar-refractivity contribution >= 4 is 5.91 Å². The highest BCUT2D eigenvalue weighted by Gasteiger charge is 2.37. The summed E-state index contributed by atoms with van der Waals surface area (Å²) in [5, 5.41) is 0. The summed E-state index contributed by atoms with van der Waals surface area (Å²) >= 11 is 0. The monoisotopic (exact) mass is 328 g/mol. The number of halogens is 1. The molecule has 2 aromatic carbocycles. The van der Waals surface area contributed by atoms with Gasteiger partial charge in [-0.15, -0.1) is 0 Å². The molecule has 2 unspecified atom stereocenters. The molecule has 24 heavy (non-hydrogen) atoms. The zero-order valence-corrected chi connectivity index (χ0v) is 13.6. The molecule has 0 spiro atoms. The number of ether oxygens (including phenoxy) is 1. The maximum atomic E-state index is 14.0. The lowest BCUT2D eigenvalue weighted by Crippen LogP contribution is -2.54. The van der Waals surface area contributed by atoms with Crippen LogP contribution in [-0.2, 0) is 15.1 Å². The van der Waals surface area contributed by atoms with Gasteiger partial charge in [0, 0.05) is 12.1 Å². The molecule has 1 amide bonds. The van der Waals surface area contributed by atoms with Crippen molar-refractivity contribution in [1.82, 2.24) is 4.90 Å². The number of amides is 1. The van der Waals surface area contributed by atoms with Crippen molar-refractivity contribution in [3.8, 4) is 0 Å². The van der Waals surface area contributed by atoms with Crippen LogP contribution < -0.4 is 5.73 Å².